The van der Waals surface area contributed by atoms with E-state index in [0.717, 1.165) is 11.1 Å². The zero-order valence-electron chi connectivity index (χ0n) is 7.47. The van der Waals surface area contributed by atoms with E-state index in [0.29, 0.717) is 0 Å². The second kappa shape index (κ2) is 4.42. The standard InChI is InChI=1S/C10H10BrFO/c1-7(6-11)8-3-4-10(13-2)9(12)5-8/h3-6H,1-2H3/b7-6+. The van der Waals surface area contributed by atoms with Crippen LogP contribution >= 0.6 is 15.9 Å². The van der Waals surface area contributed by atoms with Gasteiger partial charge in [0.15, 0.2) is 11.6 Å². The van der Waals surface area contributed by atoms with Gasteiger partial charge in [-0.1, -0.05) is 22.0 Å². The predicted octanol–water partition coefficient (Wildman–Crippen LogP) is 3.59. The summed E-state index contributed by atoms with van der Waals surface area (Å²) in [6.07, 6.45) is 0. The Morgan fingerprint density at radius 1 is 1.54 bits per heavy atom. The smallest absolute Gasteiger partial charge is 0.165 e. The maximum absolute atomic E-state index is 13.2. The van der Waals surface area contributed by atoms with Crippen molar-refractivity contribution in [2.75, 3.05) is 7.11 Å². The highest BCUT2D eigenvalue weighted by molar-refractivity contribution is 9.11. The summed E-state index contributed by atoms with van der Waals surface area (Å²) in [5.74, 6) is -0.0696. The molecule has 0 radical (unpaired) electrons. The maximum Gasteiger partial charge on any atom is 0.165 e. The first-order chi connectivity index (χ1) is 6.19. The van der Waals surface area contributed by atoms with Crippen molar-refractivity contribution in [1.29, 1.82) is 0 Å². The summed E-state index contributed by atoms with van der Waals surface area (Å²) in [5.41, 5.74) is 1.82. The minimum absolute atomic E-state index is 0.270. The highest BCUT2D eigenvalue weighted by Crippen LogP contribution is 2.22. The van der Waals surface area contributed by atoms with Gasteiger partial charge in [0.25, 0.3) is 0 Å². The van der Waals surface area contributed by atoms with Crippen molar-refractivity contribution in [3.63, 3.8) is 0 Å². The van der Waals surface area contributed by atoms with Crippen molar-refractivity contribution in [3.8, 4) is 5.75 Å². The Labute approximate surface area is 85.3 Å². The van der Waals surface area contributed by atoms with E-state index in [9.17, 15) is 4.39 Å². The normalized spacial score (nSPS) is 11.5. The van der Waals surface area contributed by atoms with Crippen LogP contribution in [-0.2, 0) is 0 Å². The van der Waals surface area contributed by atoms with Crippen LogP contribution in [0.2, 0.25) is 0 Å². The molecule has 13 heavy (non-hydrogen) atoms. The summed E-state index contributed by atoms with van der Waals surface area (Å²) >= 11 is 3.20. The molecule has 0 aliphatic carbocycles. The molecule has 0 heterocycles. The van der Waals surface area contributed by atoms with Crippen molar-refractivity contribution >= 4 is 21.5 Å². The van der Waals surface area contributed by atoms with Crippen LogP contribution in [0.25, 0.3) is 5.57 Å². The monoisotopic (exact) mass is 244 g/mol. The zero-order chi connectivity index (χ0) is 9.84. The van der Waals surface area contributed by atoms with Gasteiger partial charge in [-0.25, -0.2) is 4.39 Å². The Kier molecular flexibility index (Phi) is 3.48. The summed E-state index contributed by atoms with van der Waals surface area (Å²) in [4.78, 5) is 1.76. The lowest BCUT2D eigenvalue weighted by atomic mass is 10.1. The van der Waals surface area contributed by atoms with Crippen LogP contribution < -0.4 is 4.74 Å². The van der Waals surface area contributed by atoms with E-state index in [1.54, 1.807) is 11.1 Å². The van der Waals surface area contributed by atoms with Crippen LogP contribution in [0.4, 0.5) is 4.39 Å². The molecule has 0 fully saturated rings. The van der Waals surface area contributed by atoms with Crippen LogP contribution in [0.5, 0.6) is 5.75 Å². The van der Waals surface area contributed by atoms with Crippen LogP contribution in [0.3, 0.4) is 0 Å². The third-order valence-electron chi connectivity index (χ3n) is 1.77. The fourth-order valence-corrected chi connectivity index (χ4v) is 1.24. The van der Waals surface area contributed by atoms with Crippen LogP contribution in [0.1, 0.15) is 12.5 Å². The molecule has 1 nitrogen and oxygen atoms in total. The Balaban J connectivity index is 3.10. The largest absolute Gasteiger partial charge is 0.494 e. The van der Waals surface area contributed by atoms with Crippen molar-refractivity contribution < 1.29 is 9.13 Å². The zero-order valence-corrected chi connectivity index (χ0v) is 9.06. The molecule has 70 valence electrons. The summed E-state index contributed by atoms with van der Waals surface area (Å²) in [6.45, 7) is 1.90. The summed E-state index contributed by atoms with van der Waals surface area (Å²) in [7, 11) is 1.45. The molecule has 0 saturated heterocycles. The molecular weight excluding hydrogens is 235 g/mol. The first kappa shape index (κ1) is 10.3. The molecular formula is C10H10BrFO. The maximum atomic E-state index is 13.2. The van der Waals surface area contributed by atoms with Gasteiger partial charge in [0.2, 0.25) is 0 Å². The summed E-state index contributed by atoms with van der Waals surface area (Å²) in [5, 5.41) is 0. The van der Waals surface area contributed by atoms with Gasteiger partial charge < -0.3 is 4.74 Å². The number of hydrogen-bond acceptors (Lipinski definition) is 1. The topological polar surface area (TPSA) is 9.23 Å². The van der Waals surface area contributed by atoms with Crippen molar-refractivity contribution in [3.05, 3.63) is 34.6 Å². The number of allylic oxidation sites excluding steroid dienone is 1. The van der Waals surface area contributed by atoms with Gasteiger partial charge in [-0.2, -0.15) is 0 Å². The first-order valence-corrected chi connectivity index (χ1v) is 4.71. The van der Waals surface area contributed by atoms with E-state index in [1.165, 1.54) is 13.2 Å². The fourth-order valence-electron chi connectivity index (χ4n) is 0.975. The molecule has 1 aromatic carbocycles. The molecule has 0 aromatic heterocycles. The molecule has 0 saturated carbocycles. The number of methoxy groups -OCH3 is 1. The SMILES string of the molecule is COc1ccc(/C(C)=C/Br)cc1F. The van der Waals surface area contributed by atoms with Crippen molar-refractivity contribution in [2.45, 2.75) is 6.92 Å². The molecule has 0 N–H and O–H groups in total. The second-order valence-corrected chi connectivity index (χ2v) is 3.10. The molecule has 1 rings (SSSR count). The average molecular weight is 245 g/mol. The number of hydrogen-bond donors (Lipinski definition) is 0. The van der Waals surface area contributed by atoms with Crippen LogP contribution in [0.15, 0.2) is 23.2 Å². The number of ether oxygens (including phenoxy) is 1. The third kappa shape index (κ3) is 2.31. The molecule has 0 spiro atoms. The average Bonchev–Trinajstić information content (AvgIpc) is 2.16. The lowest BCUT2D eigenvalue weighted by Crippen LogP contribution is -1.89. The van der Waals surface area contributed by atoms with Gasteiger partial charge in [-0.3, -0.25) is 0 Å². The lowest BCUT2D eigenvalue weighted by molar-refractivity contribution is 0.386. The van der Waals surface area contributed by atoms with E-state index in [1.807, 2.05) is 13.0 Å². The molecule has 0 bridgehead atoms. The molecule has 0 aliphatic rings. The van der Waals surface area contributed by atoms with Gasteiger partial charge in [-0.15, -0.1) is 0 Å². The molecule has 3 heteroatoms. The van der Waals surface area contributed by atoms with E-state index in [-0.39, 0.29) is 11.6 Å². The van der Waals surface area contributed by atoms with Gasteiger partial charge in [0, 0.05) is 0 Å². The third-order valence-corrected chi connectivity index (χ3v) is 2.46. The quantitative estimate of drug-likeness (QED) is 0.773. The van der Waals surface area contributed by atoms with E-state index in [2.05, 4.69) is 15.9 Å². The molecule has 0 aliphatic heterocycles. The van der Waals surface area contributed by atoms with Crippen molar-refractivity contribution in [1.82, 2.24) is 0 Å². The summed E-state index contributed by atoms with van der Waals surface area (Å²) in [6, 6.07) is 4.88. The lowest BCUT2D eigenvalue weighted by Gasteiger charge is -2.04. The fraction of sp³-hybridized carbons (Fsp3) is 0.200. The highest BCUT2D eigenvalue weighted by atomic mass is 79.9. The second-order valence-electron chi connectivity index (χ2n) is 2.64. The molecule has 0 atom stereocenters. The van der Waals surface area contributed by atoms with E-state index in [4.69, 9.17) is 4.74 Å². The predicted molar refractivity (Wildman–Crippen MR) is 55.5 cm³/mol. The van der Waals surface area contributed by atoms with Gasteiger partial charge >= 0.3 is 0 Å². The number of benzene rings is 1. The molecule has 1 aromatic rings. The molecule has 0 unspecified atom stereocenters. The molecule has 0 amide bonds. The first-order valence-electron chi connectivity index (χ1n) is 3.80. The van der Waals surface area contributed by atoms with E-state index >= 15 is 0 Å². The van der Waals surface area contributed by atoms with Gasteiger partial charge in [-0.05, 0) is 35.2 Å². The van der Waals surface area contributed by atoms with Crippen molar-refractivity contribution in [2.24, 2.45) is 0 Å². The number of rotatable bonds is 2. The van der Waals surface area contributed by atoms with E-state index < -0.39 is 0 Å². The highest BCUT2D eigenvalue weighted by Gasteiger charge is 2.03. The Morgan fingerprint density at radius 2 is 2.23 bits per heavy atom. The van der Waals surface area contributed by atoms with Gasteiger partial charge in [0.1, 0.15) is 0 Å². The Bertz CT molecular complexity index is 334. The minimum atomic E-state index is -0.339. The van der Waals surface area contributed by atoms with Crippen LogP contribution in [-0.4, -0.2) is 7.11 Å². The Hall–Kier alpha value is -0.830. The van der Waals surface area contributed by atoms with Gasteiger partial charge in [0.05, 0.1) is 7.11 Å². The van der Waals surface area contributed by atoms with Crippen LogP contribution in [0, 0.1) is 5.82 Å². The minimum Gasteiger partial charge on any atom is -0.494 e. The Morgan fingerprint density at radius 3 is 2.69 bits per heavy atom. The number of halogens is 2. The summed E-state index contributed by atoms with van der Waals surface area (Å²) < 4.78 is 18.0.